The Morgan fingerprint density at radius 2 is 1.49 bits per heavy atom. The molecule has 1 spiro atoms. The van der Waals surface area contributed by atoms with Crippen molar-refractivity contribution in [3.05, 3.63) is 65.2 Å². The molecule has 6 nitrogen and oxygen atoms in total. The molecule has 3 aliphatic heterocycles. The summed E-state index contributed by atoms with van der Waals surface area (Å²) in [5, 5.41) is 0. The van der Waals surface area contributed by atoms with Crippen LogP contribution in [0.25, 0.3) is 0 Å². The van der Waals surface area contributed by atoms with Gasteiger partial charge in [-0.1, -0.05) is 50.2 Å². The monoisotopic (exact) mass is 500 g/mol. The quantitative estimate of drug-likeness (QED) is 0.539. The van der Waals surface area contributed by atoms with Gasteiger partial charge in [-0.25, -0.2) is 4.79 Å². The molecule has 4 aliphatic rings. The lowest BCUT2D eigenvalue weighted by atomic mass is 9.85. The molecule has 6 rings (SSSR count). The zero-order valence-electron chi connectivity index (χ0n) is 22.4. The van der Waals surface area contributed by atoms with Crippen molar-refractivity contribution in [1.82, 2.24) is 14.7 Å². The highest BCUT2D eigenvalue weighted by Gasteiger charge is 2.59. The lowest BCUT2D eigenvalue weighted by Crippen LogP contribution is -2.57. The third-order valence-corrected chi connectivity index (χ3v) is 9.01. The van der Waals surface area contributed by atoms with E-state index in [1.165, 1.54) is 35.2 Å². The van der Waals surface area contributed by atoms with Gasteiger partial charge in [0.1, 0.15) is 5.54 Å². The minimum absolute atomic E-state index is 0.0468. The van der Waals surface area contributed by atoms with Crippen LogP contribution in [0.15, 0.2) is 48.5 Å². The maximum absolute atomic E-state index is 14.1. The fourth-order valence-electron chi connectivity index (χ4n) is 7.01. The molecule has 3 heterocycles. The molecule has 2 aromatic carbocycles. The number of carbonyl (C=O) groups is 2. The summed E-state index contributed by atoms with van der Waals surface area (Å²) >= 11 is 0. The second-order valence-electron chi connectivity index (χ2n) is 12.0. The number of hydrogen-bond acceptors (Lipinski definition) is 4. The van der Waals surface area contributed by atoms with E-state index in [0.29, 0.717) is 25.3 Å². The highest BCUT2D eigenvalue weighted by molar-refractivity contribution is 6.07. The molecule has 0 unspecified atom stereocenters. The highest BCUT2D eigenvalue weighted by atomic mass is 16.2. The number of nitrogens with zero attached hydrogens (tertiary/aromatic N) is 4. The Morgan fingerprint density at radius 1 is 0.865 bits per heavy atom. The van der Waals surface area contributed by atoms with Crippen molar-refractivity contribution in [2.75, 3.05) is 37.6 Å². The van der Waals surface area contributed by atoms with Gasteiger partial charge < -0.3 is 9.80 Å². The molecule has 0 bridgehead atoms. The summed E-state index contributed by atoms with van der Waals surface area (Å²) in [6.45, 7) is 9.80. The van der Waals surface area contributed by atoms with E-state index in [1.807, 2.05) is 4.90 Å². The van der Waals surface area contributed by atoms with Crippen LogP contribution < -0.4 is 4.90 Å². The number of imide groups is 1. The van der Waals surface area contributed by atoms with Crippen LogP contribution in [0, 0.1) is 5.92 Å². The summed E-state index contributed by atoms with van der Waals surface area (Å²) in [4.78, 5) is 36.4. The van der Waals surface area contributed by atoms with Crippen LogP contribution in [0.2, 0.25) is 0 Å². The normalized spacial score (nSPS) is 22.2. The summed E-state index contributed by atoms with van der Waals surface area (Å²) in [6.07, 6.45) is 5.56. The van der Waals surface area contributed by atoms with Crippen molar-refractivity contribution >= 4 is 17.6 Å². The number of urea groups is 1. The molecule has 0 atom stereocenters. The van der Waals surface area contributed by atoms with Crippen molar-refractivity contribution in [1.29, 1.82) is 0 Å². The van der Waals surface area contributed by atoms with Gasteiger partial charge in [0.25, 0.3) is 5.91 Å². The Kier molecular flexibility index (Phi) is 6.47. The number of hydrogen-bond donors (Lipinski definition) is 0. The molecular formula is C31H40N4O2. The van der Waals surface area contributed by atoms with Gasteiger partial charge in [-0.15, -0.1) is 0 Å². The molecule has 0 aromatic heterocycles. The molecule has 0 radical (unpaired) electrons. The minimum Gasteiger partial charge on any atom is -0.372 e. The van der Waals surface area contributed by atoms with Gasteiger partial charge >= 0.3 is 6.03 Å². The van der Waals surface area contributed by atoms with Gasteiger partial charge in [-0.3, -0.25) is 14.6 Å². The minimum atomic E-state index is -0.688. The molecule has 1 aliphatic carbocycles. The largest absolute Gasteiger partial charge is 0.372 e. The molecule has 6 heteroatoms. The van der Waals surface area contributed by atoms with Gasteiger partial charge in [0, 0.05) is 51.0 Å². The van der Waals surface area contributed by atoms with Crippen molar-refractivity contribution in [2.24, 2.45) is 5.92 Å². The lowest BCUT2D eigenvalue weighted by molar-refractivity contribution is -0.137. The smallest absolute Gasteiger partial charge is 0.327 e. The van der Waals surface area contributed by atoms with Crippen LogP contribution >= 0.6 is 0 Å². The lowest BCUT2D eigenvalue weighted by Gasteiger charge is -2.42. The molecular weight excluding hydrogens is 460 g/mol. The van der Waals surface area contributed by atoms with Crippen LogP contribution in [-0.4, -0.2) is 70.9 Å². The number of anilines is 1. The predicted molar refractivity (Wildman–Crippen MR) is 147 cm³/mol. The molecule has 37 heavy (non-hydrogen) atoms. The first-order chi connectivity index (χ1) is 17.9. The third-order valence-electron chi connectivity index (χ3n) is 9.01. The molecule has 3 saturated heterocycles. The van der Waals surface area contributed by atoms with Crippen LogP contribution in [0.1, 0.15) is 56.2 Å². The van der Waals surface area contributed by atoms with Crippen LogP contribution in [-0.2, 0) is 24.2 Å². The summed E-state index contributed by atoms with van der Waals surface area (Å²) in [5.74, 6) is 0.368. The van der Waals surface area contributed by atoms with E-state index < -0.39 is 5.54 Å². The average molecular weight is 501 g/mol. The summed E-state index contributed by atoms with van der Waals surface area (Å²) in [7, 11) is 0. The predicted octanol–water partition coefficient (Wildman–Crippen LogP) is 4.71. The van der Waals surface area contributed by atoms with Gasteiger partial charge in [0.15, 0.2) is 0 Å². The first-order valence-corrected chi connectivity index (χ1v) is 14.2. The van der Waals surface area contributed by atoms with Crippen LogP contribution in [0.4, 0.5) is 10.5 Å². The van der Waals surface area contributed by atoms with Crippen molar-refractivity contribution in [3.8, 4) is 0 Å². The Bertz CT molecular complexity index is 1120. The van der Waals surface area contributed by atoms with Crippen LogP contribution in [0.5, 0.6) is 0 Å². The molecule has 196 valence electrons. The van der Waals surface area contributed by atoms with E-state index in [9.17, 15) is 9.59 Å². The summed E-state index contributed by atoms with van der Waals surface area (Å²) in [6, 6.07) is 17.3. The van der Waals surface area contributed by atoms with E-state index in [4.69, 9.17) is 0 Å². The zero-order chi connectivity index (χ0) is 25.6. The van der Waals surface area contributed by atoms with E-state index in [1.54, 1.807) is 4.90 Å². The second kappa shape index (κ2) is 9.79. The maximum atomic E-state index is 14.1. The van der Waals surface area contributed by atoms with Crippen molar-refractivity contribution in [3.63, 3.8) is 0 Å². The number of benzene rings is 2. The first-order valence-electron chi connectivity index (χ1n) is 14.2. The number of carbonyl (C=O) groups excluding carboxylic acids is 2. The fraction of sp³-hybridized carbons (Fsp3) is 0.548. The van der Waals surface area contributed by atoms with Crippen molar-refractivity contribution < 1.29 is 9.59 Å². The van der Waals surface area contributed by atoms with Crippen molar-refractivity contribution in [2.45, 2.75) is 70.5 Å². The Labute approximate surface area is 221 Å². The fourth-order valence-corrected chi connectivity index (χ4v) is 7.01. The van der Waals surface area contributed by atoms with E-state index in [2.05, 4.69) is 72.2 Å². The van der Waals surface area contributed by atoms with E-state index in [-0.39, 0.29) is 18.0 Å². The van der Waals surface area contributed by atoms with Gasteiger partial charge in [-0.05, 0) is 73.3 Å². The van der Waals surface area contributed by atoms with E-state index in [0.717, 1.165) is 45.6 Å². The van der Waals surface area contributed by atoms with Gasteiger partial charge in [0.05, 0.1) is 0 Å². The van der Waals surface area contributed by atoms with E-state index >= 15 is 0 Å². The third kappa shape index (κ3) is 4.43. The zero-order valence-corrected chi connectivity index (χ0v) is 22.4. The maximum Gasteiger partial charge on any atom is 0.327 e. The number of fused-ring (bicyclic) bond motifs is 1. The SMILES string of the molecule is CC(C)CN1C(=O)N(C2Cc3ccccc3C2)C(=O)C12CCN(Cc1ccc(N3CCCC3)cc1)CC2. The average Bonchev–Trinajstić information content (AvgIpc) is 3.62. The number of piperidine rings is 1. The first kappa shape index (κ1) is 24.5. The molecule has 2 aromatic rings. The van der Waals surface area contributed by atoms with Gasteiger partial charge in [-0.2, -0.15) is 0 Å². The highest BCUT2D eigenvalue weighted by Crippen LogP contribution is 2.41. The topological polar surface area (TPSA) is 47.1 Å². The Morgan fingerprint density at radius 3 is 2.08 bits per heavy atom. The molecule has 0 saturated carbocycles. The molecule has 3 fully saturated rings. The number of amides is 3. The standard InChI is InChI=1S/C31H40N4O2/c1-23(2)21-34-30(37)35(28-19-25-7-3-4-8-26(25)20-28)29(36)31(34)13-17-32(18-14-31)22-24-9-11-27(12-10-24)33-15-5-6-16-33/h3-4,7-12,23,28H,5-6,13-22H2,1-2H3. The summed E-state index contributed by atoms with van der Waals surface area (Å²) < 4.78 is 0. The number of rotatable bonds is 6. The second-order valence-corrected chi connectivity index (χ2v) is 12.0. The van der Waals surface area contributed by atoms with Gasteiger partial charge in [0.2, 0.25) is 0 Å². The van der Waals surface area contributed by atoms with Crippen LogP contribution in [0.3, 0.4) is 0 Å². The Hall–Kier alpha value is -2.86. The molecule has 3 amide bonds. The Balaban J connectivity index is 1.15. The number of likely N-dealkylation sites (tertiary alicyclic amines) is 1. The summed E-state index contributed by atoms with van der Waals surface area (Å²) in [5.41, 5.74) is 4.50. The molecule has 0 N–H and O–H groups in total.